The number of hydrogen-bond acceptors (Lipinski definition) is 3. The number of benzene rings is 1. The van der Waals surface area contributed by atoms with Crippen molar-refractivity contribution >= 4 is 34.0 Å². The van der Waals surface area contributed by atoms with Gasteiger partial charge in [-0.2, -0.15) is 10.1 Å². The van der Waals surface area contributed by atoms with Crippen LogP contribution in [0.4, 0.5) is 0 Å². The largest absolute Gasteiger partial charge is 0.272 e. The predicted molar refractivity (Wildman–Crippen MR) is 88.4 cm³/mol. The van der Waals surface area contributed by atoms with E-state index < -0.39 is 0 Å². The molecule has 3 fully saturated rings. The van der Waals surface area contributed by atoms with Crippen molar-refractivity contribution < 1.29 is 9.59 Å². The molecule has 1 aliphatic heterocycles. The summed E-state index contributed by atoms with van der Waals surface area (Å²) in [4.78, 5) is 25.5. The van der Waals surface area contributed by atoms with E-state index in [1.54, 1.807) is 6.21 Å². The number of hydrogen-bond donors (Lipinski definition) is 0. The molecule has 4 nitrogen and oxygen atoms in total. The minimum absolute atomic E-state index is 0.116. The Hall–Kier alpha value is -1.75. The monoisotopic (exact) mass is 370 g/mol. The molecule has 3 aliphatic carbocycles. The number of amides is 2. The molecule has 5 heteroatoms. The second-order valence-electron chi connectivity index (χ2n) is 7.01. The van der Waals surface area contributed by atoms with E-state index in [2.05, 4.69) is 33.2 Å². The van der Waals surface area contributed by atoms with E-state index in [9.17, 15) is 9.59 Å². The third kappa shape index (κ3) is 1.69. The normalized spacial score (nSPS) is 35.8. The Morgan fingerprint density at radius 3 is 2.35 bits per heavy atom. The molecule has 1 spiro atoms. The number of allylic oxidation sites excluding steroid dienone is 2. The number of halogens is 1. The van der Waals surface area contributed by atoms with Gasteiger partial charge in [0.1, 0.15) is 0 Å². The summed E-state index contributed by atoms with van der Waals surface area (Å²) < 4.78 is 0.940. The van der Waals surface area contributed by atoms with Gasteiger partial charge in [0, 0.05) is 4.47 Å². The summed E-state index contributed by atoms with van der Waals surface area (Å²) in [5.74, 6) is -0.0943. The minimum Gasteiger partial charge on any atom is -0.272 e. The fraction of sp³-hybridized carbons (Fsp3) is 0.389. The van der Waals surface area contributed by atoms with Crippen LogP contribution in [0.25, 0.3) is 0 Å². The van der Waals surface area contributed by atoms with Crippen molar-refractivity contribution in [3.63, 3.8) is 0 Å². The molecule has 116 valence electrons. The lowest BCUT2D eigenvalue weighted by Gasteiger charge is -2.18. The van der Waals surface area contributed by atoms with Gasteiger partial charge < -0.3 is 0 Å². The van der Waals surface area contributed by atoms with Gasteiger partial charge in [-0.1, -0.05) is 40.2 Å². The number of carbonyl (C=O) groups excluding carboxylic acids is 2. The second-order valence-corrected chi connectivity index (χ2v) is 7.92. The molecule has 1 aromatic rings. The van der Waals surface area contributed by atoms with E-state index >= 15 is 0 Å². The highest BCUT2D eigenvalue weighted by Gasteiger charge is 2.73. The molecule has 23 heavy (non-hydrogen) atoms. The van der Waals surface area contributed by atoms with Gasteiger partial charge in [-0.25, -0.2) is 0 Å². The van der Waals surface area contributed by atoms with Crippen molar-refractivity contribution in [3.8, 4) is 0 Å². The molecule has 2 saturated carbocycles. The molecular weight excluding hydrogens is 356 g/mol. The van der Waals surface area contributed by atoms with Crippen LogP contribution in [0.5, 0.6) is 0 Å². The zero-order chi connectivity index (χ0) is 15.8. The van der Waals surface area contributed by atoms with Crippen molar-refractivity contribution in [3.05, 3.63) is 46.5 Å². The van der Waals surface area contributed by atoms with Gasteiger partial charge in [0.05, 0.1) is 18.1 Å². The first-order valence-electron chi connectivity index (χ1n) is 7.97. The molecule has 1 saturated heterocycles. The number of imide groups is 1. The lowest BCUT2D eigenvalue weighted by molar-refractivity contribution is -0.141. The highest BCUT2D eigenvalue weighted by Crippen LogP contribution is 2.73. The van der Waals surface area contributed by atoms with Crippen molar-refractivity contribution in [2.24, 2.45) is 34.2 Å². The first-order valence-corrected chi connectivity index (χ1v) is 8.77. The number of carbonyl (C=O) groups is 2. The molecular formula is C18H15BrN2O2. The maximum absolute atomic E-state index is 12.7. The van der Waals surface area contributed by atoms with Crippen LogP contribution < -0.4 is 0 Å². The van der Waals surface area contributed by atoms with E-state index in [4.69, 9.17) is 0 Å². The summed E-state index contributed by atoms with van der Waals surface area (Å²) >= 11 is 3.40. The highest BCUT2D eigenvalue weighted by atomic mass is 79.9. The quantitative estimate of drug-likeness (QED) is 0.456. The zero-order valence-corrected chi connectivity index (χ0v) is 13.9. The first-order chi connectivity index (χ1) is 11.1. The van der Waals surface area contributed by atoms with Crippen LogP contribution in [0.1, 0.15) is 18.4 Å². The topological polar surface area (TPSA) is 49.7 Å². The molecule has 0 unspecified atom stereocenters. The van der Waals surface area contributed by atoms with Gasteiger partial charge in [-0.05, 0) is 47.8 Å². The Bertz CT molecular complexity index is 762. The van der Waals surface area contributed by atoms with Crippen LogP contribution in [0, 0.1) is 29.1 Å². The van der Waals surface area contributed by atoms with Crippen LogP contribution in [0.15, 0.2) is 46.0 Å². The van der Waals surface area contributed by atoms with Gasteiger partial charge in [-0.15, -0.1) is 0 Å². The molecule has 0 aromatic heterocycles. The molecule has 4 aliphatic rings. The summed E-state index contributed by atoms with van der Waals surface area (Å²) in [6, 6.07) is 7.62. The van der Waals surface area contributed by atoms with E-state index in [-0.39, 0.29) is 40.9 Å². The highest BCUT2D eigenvalue weighted by molar-refractivity contribution is 9.10. The van der Waals surface area contributed by atoms with Crippen molar-refractivity contribution in [1.29, 1.82) is 0 Å². The first kappa shape index (κ1) is 13.7. The smallest absolute Gasteiger partial charge is 0.254 e. The molecule has 4 atom stereocenters. The van der Waals surface area contributed by atoms with E-state index in [0.29, 0.717) is 0 Å². The Morgan fingerprint density at radius 2 is 1.78 bits per heavy atom. The fourth-order valence-electron chi connectivity index (χ4n) is 4.89. The molecule has 0 N–H and O–H groups in total. The van der Waals surface area contributed by atoms with Gasteiger partial charge in [-0.3, -0.25) is 9.59 Å². The summed E-state index contributed by atoms with van der Waals surface area (Å²) in [7, 11) is 0. The van der Waals surface area contributed by atoms with Gasteiger partial charge >= 0.3 is 0 Å². The second kappa shape index (κ2) is 4.41. The maximum Gasteiger partial charge on any atom is 0.254 e. The van der Waals surface area contributed by atoms with Crippen molar-refractivity contribution in [1.82, 2.24) is 5.01 Å². The van der Waals surface area contributed by atoms with Crippen molar-refractivity contribution in [2.45, 2.75) is 12.8 Å². The van der Waals surface area contributed by atoms with Crippen LogP contribution in [0.2, 0.25) is 0 Å². The average Bonchev–Trinajstić information content (AvgIpc) is 3.13. The number of hydrazone groups is 1. The van der Waals surface area contributed by atoms with E-state index in [1.807, 2.05) is 24.3 Å². The van der Waals surface area contributed by atoms with Gasteiger partial charge in [0.15, 0.2) is 0 Å². The van der Waals surface area contributed by atoms with Crippen molar-refractivity contribution in [2.75, 3.05) is 0 Å². The summed E-state index contributed by atoms with van der Waals surface area (Å²) in [5, 5.41) is 5.31. The summed E-state index contributed by atoms with van der Waals surface area (Å²) in [5.41, 5.74) is 1.10. The van der Waals surface area contributed by atoms with E-state index in [1.165, 1.54) is 0 Å². The molecule has 2 bridgehead atoms. The predicted octanol–water partition coefficient (Wildman–Crippen LogP) is 2.98. The Morgan fingerprint density at radius 1 is 1.13 bits per heavy atom. The summed E-state index contributed by atoms with van der Waals surface area (Å²) in [6.07, 6.45) is 8.25. The average molecular weight is 371 g/mol. The molecule has 1 aromatic carbocycles. The van der Waals surface area contributed by atoms with Crippen LogP contribution in [-0.4, -0.2) is 23.0 Å². The molecule has 0 radical (unpaired) electrons. The van der Waals surface area contributed by atoms with Crippen LogP contribution in [0.3, 0.4) is 0 Å². The van der Waals surface area contributed by atoms with Gasteiger partial charge in [0.2, 0.25) is 0 Å². The maximum atomic E-state index is 12.7. The summed E-state index contributed by atoms with van der Waals surface area (Å²) in [6.45, 7) is 0. The third-order valence-electron chi connectivity index (χ3n) is 6.00. The molecule has 1 heterocycles. The lowest BCUT2D eigenvalue weighted by atomic mass is 9.85. The Labute approximate surface area is 142 Å². The molecule has 5 rings (SSSR count). The fourth-order valence-corrected chi connectivity index (χ4v) is 5.30. The zero-order valence-electron chi connectivity index (χ0n) is 12.4. The van der Waals surface area contributed by atoms with Crippen LogP contribution >= 0.6 is 15.9 Å². The Kier molecular flexibility index (Phi) is 2.62. The SMILES string of the molecule is O=C1[C@@H]2[C@H](C(=O)N1/N=C\c1cccc(Br)c1)[C@@H]1C=C[C@H]2C12CC2. The number of fused-ring (bicyclic) bond motifs is 3. The van der Waals surface area contributed by atoms with Crippen LogP contribution in [-0.2, 0) is 9.59 Å². The van der Waals surface area contributed by atoms with E-state index in [0.717, 1.165) is 27.9 Å². The number of nitrogens with zero attached hydrogens (tertiary/aromatic N) is 2. The molecule has 2 amide bonds. The minimum atomic E-state index is -0.181. The standard InChI is InChI=1S/C18H15BrN2O2/c19-11-3-1-2-10(8-11)9-20-21-16(22)14-12-4-5-13(15(14)17(21)23)18(12)6-7-18/h1-5,8-9,12-15H,6-7H2/b20-9-/t12-,13+,14+,15-. The third-order valence-corrected chi connectivity index (χ3v) is 6.49. The Balaban J connectivity index is 1.44. The number of rotatable bonds is 2. The lowest BCUT2D eigenvalue weighted by Crippen LogP contribution is -2.30. The van der Waals surface area contributed by atoms with Gasteiger partial charge in [0.25, 0.3) is 11.8 Å².